The highest BCUT2D eigenvalue weighted by Crippen LogP contribution is 2.56. The van der Waals surface area contributed by atoms with Gasteiger partial charge in [0.25, 0.3) is 0 Å². The third kappa shape index (κ3) is 4.42. The van der Waals surface area contributed by atoms with Crippen molar-refractivity contribution in [1.82, 2.24) is 14.9 Å². The number of nitrogens with one attached hydrogen (secondary N) is 1. The topological polar surface area (TPSA) is 42.7 Å². The maximum atomic E-state index is 14.3. The minimum atomic E-state index is -5.84. The fraction of sp³-hybridized carbons (Fsp3) is 0.200. The maximum Gasteiger partial charge on any atom is 0.411 e. The van der Waals surface area contributed by atoms with E-state index in [1.165, 1.54) is 13.8 Å². The van der Waals surface area contributed by atoms with Crippen molar-refractivity contribution in [3.8, 4) is 11.4 Å². The summed E-state index contributed by atoms with van der Waals surface area (Å²) in [6.45, 7) is 2.68. The summed E-state index contributed by atoms with van der Waals surface area (Å²) in [5.41, 5.74) is -6.06. The summed E-state index contributed by atoms with van der Waals surface area (Å²) in [6, 6.07) is 6.37. The van der Waals surface area contributed by atoms with Crippen molar-refractivity contribution < 1.29 is 48.3 Å². The van der Waals surface area contributed by atoms with E-state index in [9.17, 15) is 48.3 Å². The van der Waals surface area contributed by atoms with Gasteiger partial charge in [-0.1, -0.05) is 54.1 Å². The van der Waals surface area contributed by atoms with Crippen LogP contribution < -0.4 is 5.43 Å². The van der Waals surface area contributed by atoms with Crippen LogP contribution in [0.5, 0.6) is 0 Å². The Morgan fingerprint density at radius 1 is 0.600 bits per heavy atom. The second-order valence-corrected chi connectivity index (χ2v) is 8.65. The zero-order valence-electron chi connectivity index (χ0n) is 20.1. The molecule has 212 valence electrons. The first-order valence-corrected chi connectivity index (χ1v) is 11.0. The molecule has 0 aliphatic carbocycles. The molecule has 3 aromatic carbocycles. The number of halogens is 11. The molecule has 1 heterocycles. The molecule has 0 aliphatic heterocycles. The van der Waals surface area contributed by atoms with Gasteiger partial charge in [0, 0.05) is 5.56 Å². The van der Waals surface area contributed by atoms with Gasteiger partial charge in [0.15, 0.2) is 29.1 Å². The average Bonchev–Trinajstić information content (AvgIpc) is 3.24. The Morgan fingerprint density at radius 3 is 1.48 bits per heavy atom. The molecule has 0 bridgehead atoms. The van der Waals surface area contributed by atoms with E-state index in [2.05, 4.69) is 10.2 Å². The van der Waals surface area contributed by atoms with Gasteiger partial charge in [0.1, 0.15) is 11.5 Å². The van der Waals surface area contributed by atoms with Crippen LogP contribution in [0.2, 0.25) is 0 Å². The van der Waals surface area contributed by atoms with E-state index < -0.39 is 69.5 Å². The van der Waals surface area contributed by atoms with Crippen molar-refractivity contribution in [1.29, 1.82) is 0 Å². The van der Waals surface area contributed by atoms with Gasteiger partial charge in [0.05, 0.1) is 0 Å². The minimum absolute atomic E-state index is 0.206. The lowest BCUT2D eigenvalue weighted by molar-refractivity contribution is -0.288. The monoisotopic (exact) mass is 580 g/mol. The Morgan fingerprint density at radius 2 is 1.02 bits per heavy atom. The summed E-state index contributed by atoms with van der Waals surface area (Å²) in [5, 5.41) is 7.26. The van der Waals surface area contributed by atoms with Gasteiger partial charge in [0.2, 0.25) is 11.2 Å². The van der Waals surface area contributed by atoms with Crippen LogP contribution >= 0.6 is 0 Å². The molecular formula is C25H15F11N4. The Labute approximate surface area is 218 Å². The number of rotatable bonds is 5. The van der Waals surface area contributed by atoms with Gasteiger partial charge in [-0.15, -0.1) is 10.2 Å². The van der Waals surface area contributed by atoms with E-state index in [-0.39, 0.29) is 11.4 Å². The summed E-state index contributed by atoms with van der Waals surface area (Å²) in [6.07, 6.45) is -11.7. The Bertz CT molecular complexity index is 1510. The molecule has 0 atom stereocenters. The molecule has 4 rings (SSSR count). The van der Waals surface area contributed by atoms with Crippen LogP contribution in [0.15, 0.2) is 48.5 Å². The number of alkyl halides is 6. The first-order chi connectivity index (χ1) is 18.5. The first-order valence-electron chi connectivity index (χ1n) is 11.0. The Kier molecular flexibility index (Phi) is 7.05. The van der Waals surface area contributed by atoms with Gasteiger partial charge in [-0.25, -0.2) is 26.6 Å². The van der Waals surface area contributed by atoms with Crippen molar-refractivity contribution in [2.24, 2.45) is 0 Å². The molecule has 0 fully saturated rings. The zero-order valence-corrected chi connectivity index (χ0v) is 20.1. The molecule has 0 saturated heterocycles. The molecular weight excluding hydrogens is 565 g/mol. The zero-order chi connectivity index (χ0) is 29.8. The van der Waals surface area contributed by atoms with E-state index in [0.29, 0.717) is 22.4 Å². The second kappa shape index (κ2) is 9.78. The number of aryl methyl sites for hydroxylation is 2. The van der Waals surface area contributed by atoms with Crippen molar-refractivity contribution >= 4 is 5.69 Å². The van der Waals surface area contributed by atoms with Crippen molar-refractivity contribution in [3.05, 3.63) is 100 Å². The summed E-state index contributed by atoms with van der Waals surface area (Å²) < 4.78 is 156. The van der Waals surface area contributed by atoms with Crippen LogP contribution in [0.4, 0.5) is 54.0 Å². The maximum absolute atomic E-state index is 14.3. The average molecular weight is 580 g/mol. The molecule has 1 aromatic heterocycles. The highest BCUT2D eigenvalue weighted by atomic mass is 19.4. The lowest BCUT2D eigenvalue weighted by Crippen LogP contribution is -2.54. The van der Waals surface area contributed by atoms with E-state index >= 15 is 0 Å². The number of nitrogens with zero attached hydrogens (tertiary/aromatic N) is 3. The first kappa shape index (κ1) is 28.8. The van der Waals surface area contributed by atoms with Gasteiger partial charge < -0.3 is 0 Å². The van der Waals surface area contributed by atoms with Gasteiger partial charge in [-0.05, 0) is 25.0 Å². The lowest BCUT2D eigenvalue weighted by Gasteiger charge is -2.38. The van der Waals surface area contributed by atoms with Crippen LogP contribution in [0.1, 0.15) is 22.5 Å². The number of benzene rings is 3. The van der Waals surface area contributed by atoms with E-state index in [4.69, 9.17) is 0 Å². The van der Waals surface area contributed by atoms with Gasteiger partial charge >= 0.3 is 12.4 Å². The smallest absolute Gasteiger partial charge is 0.285 e. The molecule has 0 radical (unpaired) electrons. The third-order valence-corrected chi connectivity index (χ3v) is 6.17. The third-order valence-electron chi connectivity index (χ3n) is 6.17. The molecule has 0 aliphatic rings. The molecule has 0 amide bonds. The summed E-state index contributed by atoms with van der Waals surface area (Å²) in [5.74, 6) is -12.0. The van der Waals surface area contributed by atoms with E-state index in [1.54, 1.807) is 0 Å². The molecule has 0 saturated carbocycles. The van der Waals surface area contributed by atoms with Crippen LogP contribution in [0.3, 0.4) is 0 Å². The minimum Gasteiger partial charge on any atom is -0.285 e. The van der Waals surface area contributed by atoms with Crippen LogP contribution in [-0.2, 0) is 5.41 Å². The van der Waals surface area contributed by atoms with Crippen LogP contribution in [-0.4, -0.2) is 27.2 Å². The summed E-state index contributed by atoms with van der Waals surface area (Å²) in [4.78, 5) is 0. The van der Waals surface area contributed by atoms with Gasteiger partial charge in [-0.3, -0.25) is 5.43 Å². The molecule has 15 heteroatoms. The van der Waals surface area contributed by atoms with Crippen molar-refractivity contribution in [2.45, 2.75) is 31.6 Å². The van der Waals surface area contributed by atoms with Crippen molar-refractivity contribution in [3.63, 3.8) is 0 Å². The van der Waals surface area contributed by atoms with Crippen LogP contribution in [0, 0.1) is 42.9 Å². The van der Waals surface area contributed by atoms with Crippen molar-refractivity contribution in [2.75, 3.05) is 5.43 Å². The Balaban J connectivity index is 1.85. The lowest BCUT2D eigenvalue weighted by atomic mass is 9.72. The highest BCUT2D eigenvalue weighted by Gasteiger charge is 2.72. The molecule has 0 spiro atoms. The summed E-state index contributed by atoms with van der Waals surface area (Å²) >= 11 is 0. The largest absolute Gasteiger partial charge is 0.411 e. The van der Waals surface area contributed by atoms with Gasteiger partial charge in [-0.2, -0.15) is 26.3 Å². The normalized spacial score (nSPS) is 12.6. The molecule has 4 nitrogen and oxygen atoms in total. The molecule has 4 aromatic rings. The number of aromatic nitrogens is 3. The second-order valence-electron chi connectivity index (χ2n) is 8.65. The number of anilines is 1. The molecule has 40 heavy (non-hydrogen) atoms. The molecule has 1 N–H and O–H groups in total. The highest BCUT2D eigenvalue weighted by molar-refractivity contribution is 5.60. The SMILES string of the molecule is Cc1ccc(C(c2ccc(-c3nnc(C)n3Nc3c(F)c(F)c(F)c(F)c3F)cc2)(C(F)(F)F)C(F)(F)F)cc1. The quantitative estimate of drug-likeness (QED) is 0.151. The fourth-order valence-corrected chi connectivity index (χ4v) is 4.15. The number of hydrogen-bond donors (Lipinski definition) is 1. The van der Waals surface area contributed by atoms with Crippen LogP contribution in [0.25, 0.3) is 11.4 Å². The number of hydrogen-bond acceptors (Lipinski definition) is 3. The standard InChI is InChI=1S/C25H15F11N4/c1-11-3-7-14(8-4-11)23(24(31,32)33,25(34,35)36)15-9-5-13(6-10-15)22-38-37-12(2)40(22)39-21-19(29)17(27)16(26)18(28)20(21)30/h3-10,39H,1-2H3. The van der Waals surface area contributed by atoms with E-state index in [0.717, 1.165) is 36.4 Å². The van der Waals surface area contributed by atoms with E-state index in [1.807, 2.05) is 5.43 Å². The predicted octanol–water partition coefficient (Wildman–Crippen LogP) is 7.54. The molecule has 0 unspecified atom stereocenters. The fourth-order valence-electron chi connectivity index (χ4n) is 4.15. The Hall–Kier alpha value is -4.17. The summed E-state index contributed by atoms with van der Waals surface area (Å²) in [7, 11) is 0. The predicted molar refractivity (Wildman–Crippen MR) is 120 cm³/mol.